The van der Waals surface area contributed by atoms with Gasteiger partial charge in [0.1, 0.15) is 0 Å². The third kappa shape index (κ3) is 1.40. The Morgan fingerprint density at radius 2 is 2.20 bits per heavy atom. The maximum absolute atomic E-state index is 5.85. The van der Waals surface area contributed by atoms with Crippen molar-refractivity contribution in [3.8, 4) is 9.75 Å². The summed E-state index contributed by atoms with van der Waals surface area (Å²) in [6.07, 6.45) is 0. The first kappa shape index (κ1) is 9.92. The highest BCUT2D eigenvalue weighted by atomic mass is 127. The molecule has 0 saturated heterocycles. The Balaban J connectivity index is 2.29. The lowest BCUT2D eigenvalue weighted by Crippen LogP contribution is -2.05. The van der Waals surface area contributed by atoms with Crippen molar-refractivity contribution in [3.05, 3.63) is 20.1 Å². The van der Waals surface area contributed by atoms with Gasteiger partial charge in [0.25, 0.3) is 0 Å². The number of rotatable bonds is 0. The standard InChI is InChI=1S/C10H9IN2S2/c1-4-7-9(15-10(4)11)8-5(3-13-7)2-6(12)14-8/h2,13H,3,12H2,1H3. The summed E-state index contributed by atoms with van der Waals surface area (Å²) in [6, 6.07) is 2.08. The van der Waals surface area contributed by atoms with Crippen molar-refractivity contribution >= 4 is 56.0 Å². The van der Waals surface area contributed by atoms with Gasteiger partial charge in [-0.2, -0.15) is 0 Å². The Kier molecular flexibility index (Phi) is 2.22. The van der Waals surface area contributed by atoms with Gasteiger partial charge >= 0.3 is 0 Å². The van der Waals surface area contributed by atoms with Crippen LogP contribution in [-0.2, 0) is 6.54 Å². The number of hydrogen-bond donors (Lipinski definition) is 2. The van der Waals surface area contributed by atoms with Gasteiger partial charge in [-0.05, 0) is 46.7 Å². The normalized spacial score (nSPS) is 13.2. The molecule has 0 radical (unpaired) electrons. The van der Waals surface area contributed by atoms with Crippen LogP contribution in [0.25, 0.3) is 9.75 Å². The molecule has 1 aliphatic rings. The lowest BCUT2D eigenvalue weighted by atomic mass is 10.1. The van der Waals surface area contributed by atoms with Crippen molar-refractivity contribution in [2.75, 3.05) is 11.1 Å². The Labute approximate surface area is 110 Å². The highest BCUT2D eigenvalue weighted by Crippen LogP contribution is 2.48. The molecule has 3 N–H and O–H groups in total. The van der Waals surface area contributed by atoms with Gasteiger partial charge in [0.15, 0.2) is 0 Å². The van der Waals surface area contributed by atoms with Crippen LogP contribution in [0, 0.1) is 9.81 Å². The van der Waals surface area contributed by atoms with Crippen LogP contribution in [0.4, 0.5) is 10.7 Å². The number of hydrogen-bond acceptors (Lipinski definition) is 4. The van der Waals surface area contributed by atoms with E-state index < -0.39 is 0 Å². The number of nitrogen functional groups attached to an aromatic ring is 1. The molecular formula is C10H9IN2S2. The van der Waals surface area contributed by atoms with E-state index in [0.717, 1.165) is 11.5 Å². The second kappa shape index (κ2) is 3.36. The molecule has 0 fully saturated rings. The molecule has 0 saturated carbocycles. The van der Waals surface area contributed by atoms with Crippen LogP contribution in [-0.4, -0.2) is 0 Å². The van der Waals surface area contributed by atoms with Crippen LogP contribution in [0.5, 0.6) is 0 Å². The van der Waals surface area contributed by atoms with Crippen LogP contribution in [0.3, 0.4) is 0 Å². The zero-order chi connectivity index (χ0) is 10.6. The Morgan fingerprint density at radius 3 is 3.00 bits per heavy atom. The van der Waals surface area contributed by atoms with Crippen molar-refractivity contribution in [1.29, 1.82) is 0 Å². The summed E-state index contributed by atoms with van der Waals surface area (Å²) in [5.41, 5.74) is 9.86. The third-order valence-electron chi connectivity index (χ3n) is 2.58. The molecule has 2 nitrogen and oxygen atoms in total. The predicted molar refractivity (Wildman–Crippen MR) is 76.8 cm³/mol. The van der Waals surface area contributed by atoms with Crippen molar-refractivity contribution in [1.82, 2.24) is 0 Å². The van der Waals surface area contributed by atoms with E-state index in [4.69, 9.17) is 5.73 Å². The third-order valence-corrected chi connectivity index (χ3v) is 6.30. The number of thiophene rings is 2. The fourth-order valence-corrected chi connectivity index (χ4v) is 4.88. The smallest absolute Gasteiger partial charge is 0.0866 e. The van der Waals surface area contributed by atoms with Crippen molar-refractivity contribution in [3.63, 3.8) is 0 Å². The van der Waals surface area contributed by atoms with E-state index in [1.165, 1.54) is 29.5 Å². The molecule has 0 amide bonds. The van der Waals surface area contributed by atoms with E-state index in [9.17, 15) is 0 Å². The molecule has 2 aromatic heterocycles. The lowest BCUT2D eigenvalue weighted by molar-refractivity contribution is 1.14. The van der Waals surface area contributed by atoms with Crippen molar-refractivity contribution < 1.29 is 0 Å². The maximum atomic E-state index is 5.85. The minimum Gasteiger partial charge on any atom is -0.391 e. The second-order valence-electron chi connectivity index (χ2n) is 3.56. The van der Waals surface area contributed by atoms with Gasteiger partial charge in [-0.25, -0.2) is 0 Å². The van der Waals surface area contributed by atoms with Gasteiger partial charge in [0.05, 0.1) is 23.3 Å². The molecule has 0 aromatic carbocycles. The van der Waals surface area contributed by atoms with Crippen LogP contribution >= 0.6 is 45.3 Å². The monoisotopic (exact) mass is 348 g/mol. The summed E-state index contributed by atoms with van der Waals surface area (Å²) < 4.78 is 1.37. The van der Waals surface area contributed by atoms with E-state index in [0.29, 0.717) is 0 Å². The summed E-state index contributed by atoms with van der Waals surface area (Å²) in [4.78, 5) is 2.72. The van der Waals surface area contributed by atoms with Gasteiger partial charge in [-0.3, -0.25) is 0 Å². The lowest BCUT2D eigenvalue weighted by Gasteiger charge is -2.14. The first-order valence-electron chi connectivity index (χ1n) is 4.58. The van der Waals surface area contributed by atoms with Crippen LogP contribution in [0.2, 0.25) is 0 Å². The van der Waals surface area contributed by atoms with E-state index in [-0.39, 0.29) is 0 Å². The van der Waals surface area contributed by atoms with Crippen molar-refractivity contribution in [2.24, 2.45) is 0 Å². The minimum absolute atomic E-state index is 0.906. The topological polar surface area (TPSA) is 38.0 Å². The van der Waals surface area contributed by atoms with Gasteiger partial charge in [0.2, 0.25) is 0 Å². The molecule has 0 spiro atoms. The Morgan fingerprint density at radius 1 is 1.40 bits per heavy atom. The molecule has 0 unspecified atom stereocenters. The number of fused-ring (bicyclic) bond motifs is 3. The molecule has 2 aromatic rings. The van der Waals surface area contributed by atoms with Gasteiger partial charge in [-0.1, -0.05) is 0 Å². The highest BCUT2D eigenvalue weighted by molar-refractivity contribution is 14.1. The Hall–Kier alpha value is -0.270. The van der Waals surface area contributed by atoms with E-state index >= 15 is 0 Å². The number of nitrogens with one attached hydrogen (secondary N) is 1. The fraction of sp³-hybridized carbons (Fsp3) is 0.200. The first-order valence-corrected chi connectivity index (χ1v) is 7.29. The SMILES string of the molecule is Cc1c(I)sc2c1NCc1cc(N)sc1-2. The van der Waals surface area contributed by atoms with Crippen molar-refractivity contribution in [2.45, 2.75) is 13.5 Å². The zero-order valence-corrected chi connectivity index (χ0v) is 11.8. The van der Waals surface area contributed by atoms with Gasteiger partial charge in [-0.15, -0.1) is 22.7 Å². The second-order valence-corrected chi connectivity index (χ2v) is 7.48. The molecule has 15 heavy (non-hydrogen) atoms. The quantitative estimate of drug-likeness (QED) is 0.709. The molecular weight excluding hydrogens is 339 g/mol. The minimum atomic E-state index is 0.906. The summed E-state index contributed by atoms with van der Waals surface area (Å²) in [7, 11) is 0. The number of nitrogens with two attached hydrogens (primary N) is 1. The van der Waals surface area contributed by atoms with E-state index in [1.54, 1.807) is 11.3 Å². The molecule has 1 aliphatic heterocycles. The fourth-order valence-electron chi connectivity index (χ4n) is 1.82. The summed E-state index contributed by atoms with van der Waals surface area (Å²) in [6.45, 7) is 3.08. The molecule has 0 aliphatic carbocycles. The van der Waals surface area contributed by atoms with Crippen LogP contribution in [0.1, 0.15) is 11.1 Å². The van der Waals surface area contributed by atoms with E-state index in [1.807, 2.05) is 11.3 Å². The molecule has 5 heteroatoms. The number of anilines is 2. The summed E-state index contributed by atoms with van der Waals surface area (Å²) >= 11 is 5.95. The average molecular weight is 348 g/mol. The van der Waals surface area contributed by atoms with Crippen LogP contribution in [0.15, 0.2) is 6.07 Å². The van der Waals surface area contributed by atoms with Crippen LogP contribution < -0.4 is 11.1 Å². The molecule has 0 bridgehead atoms. The summed E-state index contributed by atoms with van der Waals surface area (Å²) in [5.74, 6) is 0. The largest absolute Gasteiger partial charge is 0.391 e. The molecule has 3 rings (SSSR count). The number of halogens is 1. The van der Waals surface area contributed by atoms with Gasteiger partial charge < -0.3 is 11.1 Å². The molecule has 0 atom stereocenters. The molecule has 78 valence electrons. The van der Waals surface area contributed by atoms with Gasteiger partial charge in [0, 0.05) is 6.54 Å². The maximum Gasteiger partial charge on any atom is 0.0866 e. The zero-order valence-electron chi connectivity index (χ0n) is 8.06. The summed E-state index contributed by atoms with van der Waals surface area (Å²) in [5, 5.41) is 4.39. The predicted octanol–water partition coefficient (Wildman–Crippen LogP) is 3.90. The highest BCUT2D eigenvalue weighted by Gasteiger charge is 2.23. The van der Waals surface area contributed by atoms with E-state index in [2.05, 4.69) is 40.9 Å². The average Bonchev–Trinajstić information content (AvgIpc) is 2.69. The first-order chi connectivity index (χ1) is 7.16. The molecule has 3 heterocycles. The Bertz CT molecular complexity index is 542.